The topological polar surface area (TPSA) is 20.2 Å². The van der Waals surface area contributed by atoms with Crippen molar-refractivity contribution in [1.29, 1.82) is 0 Å². The van der Waals surface area contributed by atoms with Gasteiger partial charge in [0.05, 0.1) is 0 Å². The second-order valence-electron chi connectivity index (χ2n) is 3.68. The van der Waals surface area contributed by atoms with Gasteiger partial charge in [-0.1, -0.05) is 38.8 Å². The first-order chi connectivity index (χ1) is 7.15. The summed E-state index contributed by atoms with van der Waals surface area (Å²) >= 11 is 0. The smallest absolute Gasteiger partial charge is 0.118 e. The molecule has 1 N–H and O–H groups in total. The molecule has 0 amide bonds. The van der Waals surface area contributed by atoms with Gasteiger partial charge < -0.3 is 12.0 Å². The van der Waals surface area contributed by atoms with E-state index in [1.165, 1.54) is 18.4 Å². The van der Waals surface area contributed by atoms with Gasteiger partial charge in [0.1, 0.15) is 5.75 Å². The van der Waals surface area contributed by atoms with Crippen LogP contribution in [0.2, 0.25) is 0 Å². The zero-order valence-corrected chi connectivity index (χ0v) is 12.4. The van der Waals surface area contributed by atoms with E-state index in [0.717, 1.165) is 18.4 Å². The number of hydrogen-bond acceptors (Lipinski definition) is 1. The molecular weight excluding hydrogens is 351 g/mol. The van der Waals surface area contributed by atoms with Crippen LogP contribution in [0.4, 0.5) is 0 Å². The van der Waals surface area contributed by atoms with Gasteiger partial charge in [0.2, 0.25) is 0 Å². The molecule has 0 aliphatic heterocycles. The van der Waals surface area contributed by atoms with E-state index >= 15 is 0 Å². The van der Waals surface area contributed by atoms with Crippen molar-refractivity contribution in [2.75, 3.05) is 0 Å². The molecule has 2 heteroatoms. The average Bonchev–Trinajstić information content (AvgIpc) is 2.24. The average molecular weight is 375 g/mol. The van der Waals surface area contributed by atoms with Crippen molar-refractivity contribution in [2.45, 2.75) is 46.5 Å². The molecule has 1 aromatic carbocycles. The monoisotopic (exact) mass is 373 g/mol. The maximum absolute atomic E-state index is 9.14. The molecule has 0 radical (unpaired) electrons. The van der Waals surface area contributed by atoms with Crippen LogP contribution in [0.15, 0.2) is 18.2 Å². The van der Waals surface area contributed by atoms with Crippen molar-refractivity contribution in [1.82, 2.24) is 0 Å². The fourth-order valence-corrected chi connectivity index (χ4v) is 1.19. The molecule has 0 atom stereocenters. The fraction of sp³-hybridized carbons (Fsp3) is 0.500. The van der Waals surface area contributed by atoms with Gasteiger partial charge in [-0.05, 0) is 30.5 Å². The molecule has 0 aliphatic rings. The Morgan fingerprint density at radius 1 is 1.25 bits per heavy atom. The van der Waals surface area contributed by atoms with Crippen molar-refractivity contribution in [3.05, 3.63) is 36.2 Å². The summed E-state index contributed by atoms with van der Waals surface area (Å²) in [5.41, 5.74) is 2.23. The fourth-order valence-electron chi connectivity index (χ4n) is 1.19. The minimum Gasteiger partial charge on any atom is -0.508 e. The third-order valence-electron chi connectivity index (χ3n) is 2.27. The number of phenols is 1. The Bertz CT molecular complexity index is 269. The van der Waals surface area contributed by atoms with Crippen LogP contribution in [0, 0.1) is 51.2 Å². The van der Waals surface area contributed by atoms with Crippen LogP contribution in [-0.2, 0) is 6.42 Å². The van der Waals surface area contributed by atoms with Crippen LogP contribution in [0.1, 0.15) is 44.2 Å². The Balaban J connectivity index is 0. The van der Waals surface area contributed by atoms with E-state index in [2.05, 4.69) is 20.8 Å². The van der Waals surface area contributed by atoms with Crippen LogP contribution in [-0.4, -0.2) is 5.11 Å². The van der Waals surface area contributed by atoms with Gasteiger partial charge in [0, 0.05) is 37.3 Å². The van der Waals surface area contributed by atoms with E-state index in [-0.39, 0.29) is 37.3 Å². The number of unbranched alkanes of at least 4 members (excludes halogenated alkanes) is 2. The van der Waals surface area contributed by atoms with E-state index < -0.39 is 0 Å². The standard InChI is InChI=1S/C9H12O.C5H11.Er/c1-3-8-4-5-9(10)7(2)6-8;1-3-5-4-2;/h4-6,10H,3H2,1-2H3;1,3-5H2,2H3;/q;-1;. The minimum atomic E-state index is 0. The molecule has 98 valence electrons. The normalized spacial score (nSPS) is 8.75. The van der Waals surface area contributed by atoms with Crippen molar-refractivity contribution < 1.29 is 42.4 Å². The van der Waals surface area contributed by atoms with Crippen LogP contribution in [0.5, 0.6) is 5.75 Å². The third-order valence-corrected chi connectivity index (χ3v) is 2.27. The van der Waals surface area contributed by atoms with Crippen molar-refractivity contribution >= 4 is 0 Å². The maximum atomic E-state index is 9.14. The van der Waals surface area contributed by atoms with Gasteiger partial charge in [-0.25, -0.2) is 0 Å². The molecular formula is C14H23ErO-. The van der Waals surface area contributed by atoms with Gasteiger partial charge in [-0.15, -0.1) is 0 Å². The van der Waals surface area contributed by atoms with Gasteiger partial charge in [0.25, 0.3) is 0 Å². The van der Waals surface area contributed by atoms with Crippen molar-refractivity contribution in [3.8, 4) is 5.75 Å². The molecule has 1 rings (SSSR count). The molecule has 0 bridgehead atoms. The van der Waals surface area contributed by atoms with E-state index in [9.17, 15) is 0 Å². The summed E-state index contributed by atoms with van der Waals surface area (Å²) < 4.78 is 0. The Morgan fingerprint density at radius 2 is 1.88 bits per heavy atom. The van der Waals surface area contributed by atoms with Gasteiger partial charge >= 0.3 is 0 Å². The molecule has 0 spiro atoms. The molecule has 1 aromatic rings. The molecule has 0 heterocycles. The minimum absolute atomic E-state index is 0. The molecule has 0 fully saturated rings. The quantitative estimate of drug-likeness (QED) is 0.783. The first-order valence-corrected chi connectivity index (χ1v) is 5.73. The first kappa shape index (κ1) is 18.6. The number of rotatable bonds is 3. The van der Waals surface area contributed by atoms with Crippen LogP contribution in [0.25, 0.3) is 0 Å². The summed E-state index contributed by atoms with van der Waals surface area (Å²) in [4.78, 5) is 0. The molecule has 0 unspecified atom stereocenters. The van der Waals surface area contributed by atoms with Crippen LogP contribution in [0.3, 0.4) is 0 Å². The molecule has 0 saturated heterocycles. The molecule has 16 heavy (non-hydrogen) atoms. The van der Waals surface area contributed by atoms with Gasteiger partial charge in [0.15, 0.2) is 0 Å². The zero-order valence-electron chi connectivity index (χ0n) is 10.5. The Kier molecular flexibility index (Phi) is 13.7. The number of aromatic hydroxyl groups is 1. The Hall–Kier alpha value is 0.267. The second-order valence-corrected chi connectivity index (χ2v) is 3.68. The van der Waals surface area contributed by atoms with Crippen LogP contribution >= 0.6 is 0 Å². The van der Waals surface area contributed by atoms with Gasteiger partial charge in [-0.3, -0.25) is 0 Å². The van der Waals surface area contributed by atoms with Crippen LogP contribution < -0.4 is 0 Å². The maximum Gasteiger partial charge on any atom is 0.118 e. The summed E-state index contributed by atoms with van der Waals surface area (Å²) in [7, 11) is 0. The van der Waals surface area contributed by atoms with Crippen molar-refractivity contribution in [3.63, 3.8) is 0 Å². The van der Waals surface area contributed by atoms with Crippen molar-refractivity contribution in [2.24, 2.45) is 0 Å². The van der Waals surface area contributed by atoms with E-state index in [1.54, 1.807) is 6.07 Å². The summed E-state index contributed by atoms with van der Waals surface area (Å²) in [6.07, 6.45) is 4.68. The van der Waals surface area contributed by atoms with Gasteiger partial charge in [-0.2, -0.15) is 6.42 Å². The molecule has 0 saturated carbocycles. The Labute approximate surface area is 130 Å². The number of hydrogen-bond donors (Lipinski definition) is 1. The van der Waals surface area contributed by atoms with E-state index in [4.69, 9.17) is 5.11 Å². The van der Waals surface area contributed by atoms with E-state index in [0.29, 0.717) is 5.75 Å². The van der Waals surface area contributed by atoms with E-state index in [1.807, 2.05) is 19.1 Å². The summed E-state index contributed by atoms with van der Waals surface area (Å²) in [6, 6.07) is 5.70. The first-order valence-electron chi connectivity index (χ1n) is 5.73. The summed E-state index contributed by atoms with van der Waals surface area (Å²) in [5, 5.41) is 9.14. The molecule has 0 aliphatic carbocycles. The summed E-state index contributed by atoms with van der Waals surface area (Å²) in [6.45, 7) is 9.86. The predicted molar refractivity (Wildman–Crippen MR) is 67.1 cm³/mol. The zero-order chi connectivity index (χ0) is 11.7. The predicted octanol–water partition coefficient (Wildman–Crippen LogP) is 4.27. The number of benzene rings is 1. The number of phenolic OH excluding ortho intramolecular Hbond substituents is 1. The largest absolute Gasteiger partial charge is 0.508 e. The second kappa shape index (κ2) is 11.7. The molecule has 1 nitrogen and oxygen atoms in total. The Morgan fingerprint density at radius 3 is 2.19 bits per heavy atom. The molecule has 0 aromatic heterocycles. The summed E-state index contributed by atoms with van der Waals surface area (Å²) in [5.74, 6) is 0.386. The SMILES string of the molecule is CCc1ccc(O)c(C)c1.[CH2-]CCCC.[Er]. The number of aryl methyl sites for hydroxylation is 2. The third kappa shape index (κ3) is 8.42.